The Morgan fingerprint density at radius 3 is 0.633 bits per heavy atom. The van der Waals surface area contributed by atoms with Gasteiger partial charge in [0.2, 0.25) is 0 Å². The lowest BCUT2D eigenvalue weighted by Crippen LogP contribution is -2.40. The standard InChI is InChI=1S/2C21H46N.H2O4S/c2*1-5-7-8-9-10-11-12-13-14-15-16-17-18-19-21-22(3,4)20-6-2;1-5(2,3)4/h2*5-21H2,1-4H3;(H2,1,2,3,4)/q2*+1;/p-2. The maximum atomic E-state index is 8.52. The molecular formula is C42H92N2O4S. The summed E-state index contributed by atoms with van der Waals surface area (Å²) in [6.45, 7) is 14.6. The molecule has 0 bridgehead atoms. The highest BCUT2D eigenvalue weighted by Crippen LogP contribution is 2.15. The van der Waals surface area contributed by atoms with E-state index in [4.69, 9.17) is 17.5 Å². The van der Waals surface area contributed by atoms with E-state index in [1.54, 1.807) is 0 Å². The molecule has 0 unspecified atom stereocenters. The molecule has 300 valence electrons. The highest BCUT2D eigenvalue weighted by atomic mass is 32.3. The topological polar surface area (TPSA) is 80.3 Å². The lowest BCUT2D eigenvalue weighted by Gasteiger charge is -2.29. The van der Waals surface area contributed by atoms with Gasteiger partial charge in [-0.25, -0.2) is 0 Å². The first-order chi connectivity index (χ1) is 23.2. The summed E-state index contributed by atoms with van der Waals surface area (Å²) in [5, 5.41) is 0. The van der Waals surface area contributed by atoms with Gasteiger partial charge in [0.1, 0.15) is 0 Å². The molecule has 0 fully saturated rings. The number of unbranched alkanes of at least 4 members (excludes halogenated alkanes) is 26. The molecule has 0 N–H and O–H groups in total. The fraction of sp³-hybridized carbons (Fsp3) is 1.00. The van der Waals surface area contributed by atoms with Crippen molar-refractivity contribution >= 4 is 10.4 Å². The first-order valence-electron chi connectivity index (χ1n) is 21.5. The van der Waals surface area contributed by atoms with Gasteiger partial charge in [0.15, 0.2) is 0 Å². The molecule has 7 heteroatoms. The summed E-state index contributed by atoms with van der Waals surface area (Å²) in [6.07, 6.45) is 43.5. The molecule has 0 aromatic carbocycles. The van der Waals surface area contributed by atoms with Gasteiger partial charge in [-0.15, -0.1) is 0 Å². The maximum absolute atomic E-state index is 8.52. The van der Waals surface area contributed by atoms with Gasteiger partial charge in [0.05, 0.1) is 54.4 Å². The number of nitrogens with zero attached hydrogens (tertiary/aromatic N) is 2. The van der Waals surface area contributed by atoms with Crippen molar-refractivity contribution in [2.75, 3.05) is 54.4 Å². The molecule has 0 aromatic heterocycles. The lowest BCUT2D eigenvalue weighted by atomic mass is 10.0. The van der Waals surface area contributed by atoms with Crippen molar-refractivity contribution in [3.63, 3.8) is 0 Å². The summed E-state index contributed by atoms with van der Waals surface area (Å²) in [7, 11) is 4.36. The maximum Gasteiger partial charge on any atom is 0.0782 e. The first-order valence-corrected chi connectivity index (χ1v) is 22.9. The van der Waals surface area contributed by atoms with Gasteiger partial charge in [-0.3, -0.25) is 8.42 Å². The molecule has 0 aromatic rings. The van der Waals surface area contributed by atoms with Crippen LogP contribution in [0.25, 0.3) is 0 Å². The van der Waals surface area contributed by atoms with Gasteiger partial charge in [-0.2, -0.15) is 0 Å². The van der Waals surface area contributed by atoms with Crippen molar-refractivity contribution in [3.05, 3.63) is 0 Å². The van der Waals surface area contributed by atoms with Crippen LogP contribution >= 0.6 is 0 Å². The zero-order chi connectivity index (χ0) is 37.5. The Morgan fingerprint density at radius 2 is 0.469 bits per heavy atom. The van der Waals surface area contributed by atoms with Crippen molar-refractivity contribution in [2.45, 2.75) is 220 Å². The van der Waals surface area contributed by atoms with Crippen LogP contribution < -0.4 is 0 Å². The molecule has 0 aliphatic heterocycles. The van der Waals surface area contributed by atoms with E-state index in [9.17, 15) is 0 Å². The molecule has 0 amide bonds. The van der Waals surface area contributed by atoms with Crippen molar-refractivity contribution in [3.8, 4) is 0 Å². The fourth-order valence-electron chi connectivity index (χ4n) is 6.90. The Labute approximate surface area is 310 Å². The van der Waals surface area contributed by atoms with Gasteiger partial charge < -0.3 is 18.1 Å². The van der Waals surface area contributed by atoms with E-state index in [1.807, 2.05) is 0 Å². The minimum atomic E-state index is -5.17. The van der Waals surface area contributed by atoms with Crippen LogP contribution in [0.5, 0.6) is 0 Å². The Balaban J connectivity index is -0.000000757. The molecule has 49 heavy (non-hydrogen) atoms. The Bertz CT molecular complexity index is 674. The zero-order valence-corrected chi connectivity index (χ0v) is 35.8. The van der Waals surface area contributed by atoms with Crippen molar-refractivity contribution in [1.29, 1.82) is 0 Å². The zero-order valence-electron chi connectivity index (χ0n) is 35.0. The molecule has 0 aliphatic rings. The molecule has 0 aliphatic carbocycles. The van der Waals surface area contributed by atoms with Crippen LogP contribution in [0.15, 0.2) is 0 Å². The molecular weight excluding hydrogens is 629 g/mol. The van der Waals surface area contributed by atoms with Gasteiger partial charge in [-0.1, -0.05) is 182 Å². The molecule has 0 saturated heterocycles. The molecule has 0 rings (SSSR count). The van der Waals surface area contributed by atoms with E-state index in [0.29, 0.717) is 0 Å². The van der Waals surface area contributed by atoms with E-state index >= 15 is 0 Å². The fourth-order valence-corrected chi connectivity index (χ4v) is 6.90. The summed E-state index contributed by atoms with van der Waals surface area (Å²) in [6, 6.07) is 0. The number of hydrogen-bond donors (Lipinski definition) is 0. The third-order valence-electron chi connectivity index (χ3n) is 9.89. The summed E-state index contributed by atoms with van der Waals surface area (Å²) < 4.78 is 36.5. The third-order valence-corrected chi connectivity index (χ3v) is 9.89. The van der Waals surface area contributed by atoms with Crippen molar-refractivity contribution in [2.24, 2.45) is 0 Å². The van der Waals surface area contributed by atoms with Crippen LogP contribution in [-0.2, 0) is 10.4 Å². The lowest BCUT2D eigenvalue weighted by molar-refractivity contribution is -0.890. The predicted octanol–water partition coefficient (Wildman–Crippen LogP) is 12.6. The highest BCUT2D eigenvalue weighted by Gasteiger charge is 2.13. The molecule has 0 radical (unpaired) electrons. The average Bonchev–Trinajstić information content (AvgIpc) is 3.01. The van der Waals surface area contributed by atoms with E-state index in [0.717, 1.165) is 0 Å². The molecule has 0 atom stereocenters. The summed E-state index contributed by atoms with van der Waals surface area (Å²) in [4.78, 5) is 0. The van der Waals surface area contributed by atoms with Gasteiger partial charge in [0, 0.05) is 10.4 Å². The Hall–Kier alpha value is -0.210. The number of hydrogen-bond acceptors (Lipinski definition) is 4. The molecule has 6 nitrogen and oxygen atoms in total. The first kappa shape index (κ1) is 53.1. The highest BCUT2D eigenvalue weighted by molar-refractivity contribution is 7.79. The van der Waals surface area contributed by atoms with Crippen molar-refractivity contribution < 1.29 is 26.5 Å². The second kappa shape index (κ2) is 39.0. The van der Waals surface area contributed by atoms with E-state index in [2.05, 4.69) is 55.9 Å². The third kappa shape index (κ3) is 57.4. The number of quaternary nitrogens is 2. The Morgan fingerprint density at radius 1 is 0.306 bits per heavy atom. The monoisotopic (exact) mass is 721 g/mol. The second-order valence-corrected chi connectivity index (χ2v) is 17.2. The van der Waals surface area contributed by atoms with Crippen molar-refractivity contribution in [1.82, 2.24) is 0 Å². The van der Waals surface area contributed by atoms with Gasteiger partial charge >= 0.3 is 0 Å². The van der Waals surface area contributed by atoms with Crippen LogP contribution in [0.1, 0.15) is 220 Å². The minimum absolute atomic E-state index is 1.22. The average molecular weight is 721 g/mol. The largest absolute Gasteiger partial charge is 0.759 e. The van der Waals surface area contributed by atoms with Crippen LogP contribution in [-0.4, -0.2) is 80.9 Å². The molecule has 0 spiro atoms. The van der Waals surface area contributed by atoms with Crippen LogP contribution in [0, 0.1) is 0 Å². The molecule has 0 saturated carbocycles. The van der Waals surface area contributed by atoms with E-state index in [1.165, 1.54) is 228 Å². The predicted molar refractivity (Wildman–Crippen MR) is 215 cm³/mol. The van der Waals surface area contributed by atoms with Crippen LogP contribution in [0.3, 0.4) is 0 Å². The summed E-state index contributed by atoms with van der Waals surface area (Å²) in [5.41, 5.74) is 0. The normalized spacial score (nSPS) is 12.0. The quantitative estimate of drug-likeness (QED) is 0.0287. The van der Waals surface area contributed by atoms with Gasteiger partial charge in [-0.05, 0) is 38.5 Å². The van der Waals surface area contributed by atoms with Crippen LogP contribution in [0.4, 0.5) is 0 Å². The smallest absolute Gasteiger partial charge is 0.0782 e. The van der Waals surface area contributed by atoms with Gasteiger partial charge in [0.25, 0.3) is 0 Å². The number of rotatable bonds is 34. The Kier molecular flexibility index (Phi) is 42.3. The summed E-state index contributed by atoms with van der Waals surface area (Å²) in [5.74, 6) is 0. The second-order valence-electron chi connectivity index (χ2n) is 16.4. The van der Waals surface area contributed by atoms with E-state index in [-0.39, 0.29) is 0 Å². The SMILES string of the molecule is CCCCCCCCCCCCCCCC[N+](C)(C)CCC.CCCCCCCCCCCCCCCC[N+](C)(C)CCC.O=S(=O)([O-])[O-]. The minimum Gasteiger partial charge on any atom is -0.759 e. The molecule has 0 heterocycles. The van der Waals surface area contributed by atoms with Crippen LogP contribution in [0.2, 0.25) is 0 Å². The summed E-state index contributed by atoms with van der Waals surface area (Å²) >= 11 is 0. The van der Waals surface area contributed by atoms with E-state index < -0.39 is 10.4 Å².